The SMILES string of the molecule is CCOc1nc(N)nc2ncc(C3=CNN(CCN4CCOCC4)C3)nc12. The molecule has 0 amide bonds. The molecule has 27 heavy (non-hydrogen) atoms. The number of fused-ring (bicyclic) bond motifs is 1. The number of anilines is 1. The molecule has 0 atom stereocenters. The molecule has 1 saturated heterocycles. The van der Waals surface area contributed by atoms with E-state index in [0.29, 0.717) is 23.7 Å². The van der Waals surface area contributed by atoms with Crippen molar-refractivity contribution in [2.24, 2.45) is 0 Å². The molecule has 0 aliphatic carbocycles. The number of hydrogen-bond acceptors (Lipinski definition) is 10. The summed E-state index contributed by atoms with van der Waals surface area (Å²) >= 11 is 0. The molecule has 4 heterocycles. The number of morpholine rings is 1. The van der Waals surface area contributed by atoms with Crippen LogP contribution in [0.15, 0.2) is 12.4 Å². The van der Waals surface area contributed by atoms with Crippen LogP contribution < -0.4 is 15.9 Å². The first-order valence-electron chi connectivity index (χ1n) is 9.16. The number of nitrogens with two attached hydrogens (primary N) is 1. The van der Waals surface area contributed by atoms with Crippen molar-refractivity contribution in [3.8, 4) is 5.88 Å². The van der Waals surface area contributed by atoms with Crippen molar-refractivity contribution in [1.82, 2.24) is 35.3 Å². The van der Waals surface area contributed by atoms with Crippen molar-refractivity contribution in [3.05, 3.63) is 18.1 Å². The third kappa shape index (κ3) is 4.07. The summed E-state index contributed by atoms with van der Waals surface area (Å²) in [6.45, 7) is 8.66. The van der Waals surface area contributed by atoms with E-state index in [4.69, 9.17) is 15.2 Å². The first kappa shape index (κ1) is 17.8. The summed E-state index contributed by atoms with van der Waals surface area (Å²) in [5.41, 5.74) is 11.8. The van der Waals surface area contributed by atoms with Gasteiger partial charge in [-0.05, 0) is 6.92 Å². The minimum absolute atomic E-state index is 0.129. The van der Waals surface area contributed by atoms with Gasteiger partial charge in [-0.25, -0.2) is 15.0 Å². The van der Waals surface area contributed by atoms with Crippen molar-refractivity contribution in [1.29, 1.82) is 0 Å². The molecule has 2 aromatic rings. The number of ether oxygens (including phenoxy) is 2. The van der Waals surface area contributed by atoms with E-state index in [-0.39, 0.29) is 5.95 Å². The summed E-state index contributed by atoms with van der Waals surface area (Å²) < 4.78 is 10.9. The van der Waals surface area contributed by atoms with Gasteiger partial charge in [-0.15, -0.1) is 0 Å². The van der Waals surface area contributed by atoms with Gasteiger partial charge in [0.15, 0.2) is 11.2 Å². The minimum Gasteiger partial charge on any atom is -0.476 e. The van der Waals surface area contributed by atoms with Crippen molar-refractivity contribution in [3.63, 3.8) is 0 Å². The third-order valence-corrected chi connectivity index (χ3v) is 4.57. The monoisotopic (exact) mass is 372 g/mol. The summed E-state index contributed by atoms with van der Waals surface area (Å²) in [5.74, 6) is 0.495. The second kappa shape index (κ2) is 7.99. The molecule has 2 aliphatic rings. The number of aromatic nitrogens is 4. The molecule has 144 valence electrons. The lowest BCUT2D eigenvalue weighted by molar-refractivity contribution is 0.0327. The van der Waals surface area contributed by atoms with Gasteiger partial charge >= 0.3 is 0 Å². The zero-order chi connectivity index (χ0) is 18.6. The molecular formula is C17H24N8O2. The summed E-state index contributed by atoms with van der Waals surface area (Å²) in [7, 11) is 0. The molecule has 4 rings (SSSR count). The fourth-order valence-corrected chi connectivity index (χ4v) is 3.14. The van der Waals surface area contributed by atoms with Crippen molar-refractivity contribution in [2.45, 2.75) is 6.92 Å². The van der Waals surface area contributed by atoms with E-state index in [0.717, 1.165) is 57.2 Å². The van der Waals surface area contributed by atoms with Crippen molar-refractivity contribution in [2.75, 3.05) is 58.3 Å². The van der Waals surface area contributed by atoms with Crippen molar-refractivity contribution >= 4 is 22.7 Å². The minimum atomic E-state index is 0.129. The molecule has 2 aromatic heterocycles. The maximum atomic E-state index is 5.72. The number of hydrazine groups is 1. The highest BCUT2D eigenvalue weighted by Crippen LogP contribution is 2.23. The number of nitrogens with one attached hydrogen (secondary N) is 1. The summed E-state index contributed by atoms with van der Waals surface area (Å²) in [6, 6.07) is 0. The molecule has 2 aliphatic heterocycles. The van der Waals surface area contributed by atoms with Gasteiger partial charge < -0.3 is 20.6 Å². The van der Waals surface area contributed by atoms with E-state index in [1.807, 2.05) is 13.1 Å². The Morgan fingerprint density at radius 1 is 1.22 bits per heavy atom. The van der Waals surface area contributed by atoms with Crippen LogP contribution in [0.25, 0.3) is 16.7 Å². The van der Waals surface area contributed by atoms with Gasteiger partial charge in [0.1, 0.15) is 0 Å². The first-order valence-corrected chi connectivity index (χ1v) is 9.16. The maximum Gasteiger partial charge on any atom is 0.247 e. The Morgan fingerprint density at radius 2 is 2.07 bits per heavy atom. The van der Waals surface area contributed by atoms with Crippen LogP contribution in [-0.2, 0) is 4.74 Å². The van der Waals surface area contributed by atoms with Gasteiger partial charge in [0, 0.05) is 44.5 Å². The predicted molar refractivity (Wildman–Crippen MR) is 101 cm³/mol. The maximum absolute atomic E-state index is 5.72. The lowest BCUT2D eigenvalue weighted by atomic mass is 10.2. The van der Waals surface area contributed by atoms with E-state index in [1.165, 1.54) is 0 Å². The first-order chi connectivity index (χ1) is 13.2. The third-order valence-electron chi connectivity index (χ3n) is 4.57. The number of nitrogen functional groups attached to an aromatic ring is 1. The van der Waals surface area contributed by atoms with Crippen LogP contribution in [0.5, 0.6) is 5.88 Å². The normalized spacial score (nSPS) is 18.5. The molecular weight excluding hydrogens is 348 g/mol. The Balaban J connectivity index is 1.44. The summed E-state index contributed by atoms with van der Waals surface area (Å²) in [5, 5.41) is 2.17. The Kier molecular flexibility index (Phi) is 5.28. The van der Waals surface area contributed by atoms with Crippen LogP contribution in [-0.4, -0.2) is 82.4 Å². The number of hydrogen-bond donors (Lipinski definition) is 2. The molecule has 10 heteroatoms. The zero-order valence-corrected chi connectivity index (χ0v) is 15.4. The molecule has 0 saturated carbocycles. The predicted octanol–water partition coefficient (Wildman–Crippen LogP) is -0.106. The van der Waals surface area contributed by atoms with Crippen LogP contribution in [0.2, 0.25) is 0 Å². The van der Waals surface area contributed by atoms with Crippen LogP contribution in [0, 0.1) is 0 Å². The Labute approximate surface area is 157 Å². The molecule has 0 unspecified atom stereocenters. The largest absolute Gasteiger partial charge is 0.476 e. The quantitative estimate of drug-likeness (QED) is 0.712. The van der Waals surface area contributed by atoms with Gasteiger partial charge in [-0.3, -0.25) is 4.90 Å². The average Bonchev–Trinajstić information content (AvgIpc) is 3.16. The summed E-state index contributed by atoms with van der Waals surface area (Å²) in [4.78, 5) is 19.7. The topological polar surface area (TPSA) is 115 Å². The second-order valence-corrected chi connectivity index (χ2v) is 6.42. The standard InChI is InChI=1S/C17H24N8O2/c1-2-27-16-14-15(22-17(18)23-16)19-10-13(21-14)12-9-20-25(11-12)4-3-24-5-7-26-8-6-24/h9-10,20H,2-8,11H2,1H3,(H2,18,19,22,23). The molecule has 0 spiro atoms. The van der Waals surface area contributed by atoms with E-state index < -0.39 is 0 Å². The average molecular weight is 372 g/mol. The van der Waals surface area contributed by atoms with Crippen LogP contribution >= 0.6 is 0 Å². The van der Waals surface area contributed by atoms with E-state index in [1.54, 1.807) is 6.20 Å². The highest BCUT2D eigenvalue weighted by molar-refractivity contribution is 5.79. The van der Waals surface area contributed by atoms with Crippen LogP contribution in [0.3, 0.4) is 0 Å². The van der Waals surface area contributed by atoms with Gasteiger partial charge in [-0.1, -0.05) is 0 Å². The molecule has 0 aromatic carbocycles. The Morgan fingerprint density at radius 3 is 2.89 bits per heavy atom. The highest BCUT2D eigenvalue weighted by Gasteiger charge is 2.20. The van der Waals surface area contributed by atoms with E-state index in [9.17, 15) is 0 Å². The zero-order valence-electron chi connectivity index (χ0n) is 15.4. The summed E-state index contributed by atoms with van der Waals surface area (Å²) in [6.07, 6.45) is 3.68. The van der Waals surface area contributed by atoms with Crippen molar-refractivity contribution < 1.29 is 9.47 Å². The Hall–Kier alpha value is -2.56. The van der Waals surface area contributed by atoms with Gasteiger partial charge in [0.2, 0.25) is 11.8 Å². The molecule has 0 radical (unpaired) electrons. The smallest absolute Gasteiger partial charge is 0.247 e. The lowest BCUT2D eigenvalue weighted by Crippen LogP contribution is -2.43. The van der Waals surface area contributed by atoms with Gasteiger partial charge in [0.05, 0.1) is 31.7 Å². The Bertz CT molecular complexity index is 837. The van der Waals surface area contributed by atoms with Gasteiger partial charge in [-0.2, -0.15) is 9.97 Å². The lowest BCUT2D eigenvalue weighted by Gasteiger charge is -2.28. The van der Waals surface area contributed by atoms with Crippen LogP contribution in [0.1, 0.15) is 12.6 Å². The fraction of sp³-hybridized carbons (Fsp3) is 0.529. The molecule has 1 fully saturated rings. The number of nitrogens with zero attached hydrogens (tertiary/aromatic N) is 6. The van der Waals surface area contributed by atoms with Crippen LogP contribution in [0.4, 0.5) is 5.95 Å². The highest BCUT2D eigenvalue weighted by atomic mass is 16.5. The molecule has 0 bridgehead atoms. The second-order valence-electron chi connectivity index (χ2n) is 6.42. The van der Waals surface area contributed by atoms with E-state index in [2.05, 4.69) is 35.3 Å². The fourth-order valence-electron chi connectivity index (χ4n) is 3.14. The number of rotatable bonds is 6. The molecule has 10 nitrogen and oxygen atoms in total. The molecule has 3 N–H and O–H groups in total. The van der Waals surface area contributed by atoms with E-state index >= 15 is 0 Å². The van der Waals surface area contributed by atoms with Gasteiger partial charge in [0.25, 0.3) is 0 Å².